The number of allylic oxidation sites excluding steroid dienone is 14. The van der Waals surface area contributed by atoms with Gasteiger partial charge in [0.05, 0.1) is 0 Å². The predicted molar refractivity (Wildman–Crippen MR) is 118 cm³/mol. The van der Waals surface area contributed by atoms with Crippen molar-refractivity contribution in [1.82, 2.24) is 0 Å². The monoisotopic (exact) mass is 500 g/mol. The third kappa shape index (κ3) is 30.6. The van der Waals surface area contributed by atoms with Crippen molar-refractivity contribution >= 4 is 35.5 Å². The van der Waals surface area contributed by atoms with Crippen LogP contribution in [-0.4, -0.2) is 35.5 Å². The first-order chi connectivity index (χ1) is 13.0. The molecule has 0 N–H and O–H groups in total. The molecule has 0 unspecified atom stereocenters. The van der Waals surface area contributed by atoms with Gasteiger partial charge >= 0.3 is 23.9 Å². The van der Waals surface area contributed by atoms with E-state index in [-0.39, 0.29) is 47.0 Å². The molecule has 2 rings (SSSR count). The van der Waals surface area contributed by atoms with Crippen LogP contribution in [0.1, 0.15) is 27.7 Å². The molecule has 0 heterocycles. The fraction of sp³-hybridized carbons (Fsp3) is 0.167. The summed E-state index contributed by atoms with van der Waals surface area (Å²) in [5, 5.41) is 20.0. The van der Waals surface area contributed by atoms with E-state index in [9.17, 15) is 19.8 Å². The van der Waals surface area contributed by atoms with Gasteiger partial charge in [0.2, 0.25) is 0 Å². The van der Waals surface area contributed by atoms with Crippen LogP contribution in [0.3, 0.4) is 0 Å². The molecule has 4 radical (unpaired) electrons. The second-order valence-electron chi connectivity index (χ2n) is 5.70. The molecule has 0 spiro atoms. The fourth-order valence-corrected chi connectivity index (χ4v) is 1.53. The molecule has 0 atom stereocenters. The molecule has 5 heteroatoms. The summed E-state index contributed by atoms with van der Waals surface area (Å²) in [6, 6.07) is 0. The average Bonchev–Trinajstić information content (AvgIpc) is 2.55. The summed E-state index contributed by atoms with van der Waals surface area (Å²) < 4.78 is 0. The number of carbonyl (C=O) groups excluding carboxylic acids is 2. The second kappa shape index (κ2) is 20.4. The van der Waals surface area contributed by atoms with E-state index >= 15 is 0 Å². The van der Waals surface area contributed by atoms with Crippen LogP contribution in [0, 0.1) is 12.8 Å². The Bertz CT molecular complexity index is 647. The van der Waals surface area contributed by atoms with E-state index in [1.807, 2.05) is 61.4 Å². The van der Waals surface area contributed by atoms with Crippen molar-refractivity contribution in [1.29, 1.82) is 0 Å². The molecule has 0 aliphatic heterocycles. The molecule has 0 saturated heterocycles. The van der Waals surface area contributed by atoms with Crippen molar-refractivity contribution in [3.05, 3.63) is 109 Å². The van der Waals surface area contributed by atoms with Crippen molar-refractivity contribution in [2.24, 2.45) is 0 Å². The van der Waals surface area contributed by atoms with E-state index in [1.54, 1.807) is 0 Å². The van der Waals surface area contributed by atoms with E-state index < -0.39 is 0 Å². The van der Waals surface area contributed by atoms with Crippen LogP contribution in [0.25, 0.3) is 0 Å². The quantitative estimate of drug-likeness (QED) is 0.333. The van der Waals surface area contributed by atoms with E-state index in [0.717, 1.165) is 23.3 Å². The molecule has 0 aromatic carbocycles. The average molecular weight is 499 g/mol. The van der Waals surface area contributed by atoms with Crippen LogP contribution in [0.15, 0.2) is 96.6 Å². The Morgan fingerprint density at radius 3 is 1.07 bits per heavy atom. The van der Waals surface area contributed by atoms with Crippen LogP contribution in [0.4, 0.5) is 0 Å². The van der Waals surface area contributed by atoms with Gasteiger partial charge in [0.25, 0.3) is 0 Å². The Morgan fingerprint density at radius 1 is 0.690 bits per heavy atom. The van der Waals surface area contributed by atoms with Gasteiger partial charge in [-0.1, -0.05) is 75.6 Å². The van der Waals surface area contributed by atoms with Gasteiger partial charge in [-0.3, -0.25) is 9.59 Å². The van der Waals surface area contributed by atoms with Gasteiger partial charge in [0, 0.05) is 12.8 Å². The molecule has 2 aliphatic rings. The van der Waals surface area contributed by atoms with Crippen LogP contribution in [-0.2, 0) is 9.59 Å². The fourth-order valence-electron chi connectivity index (χ4n) is 1.53. The summed E-state index contributed by atoms with van der Waals surface area (Å²) in [5.74, 6) is -0.750. The van der Waals surface area contributed by atoms with Gasteiger partial charge in [-0.2, -0.15) is 0 Å². The molecule has 0 aromatic rings. The Labute approximate surface area is 192 Å². The van der Waals surface area contributed by atoms with Crippen molar-refractivity contribution < 1.29 is 19.8 Å². The number of hydrogen-bond donors (Lipinski definition) is 0. The Balaban J connectivity index is -0.000000307. The summed E-state index contributed by atoms with van der Waals surface area (Å²) in [5.41, 5.74) is 2.14. The Morgan fingerprint density at radius 2 is 1.00 bits per heavy atom. The molecule has 29 heavy (non-hydrogen) atoms. The summed E-state index contributed by atoms with van der Waals surface area (Å²) in [7, 11) is 0. The van der Waals surface area contributed by atoms with Crippen LogP contribution >= 0.6 is 0 Å². The third-order valence-corrected chi connectivity index (χ3v) is 2.50. The standard InChI is InChI=1S/2C7H7.2C5H8O2.Sn/c2*1-7-5-3-2-4-6-7;2*1-4(6)3-5(2)7;/h2*2-6H,1H2;2*3,6H,1-2H3;/q;;;;+2/p-2/b;;4-3+;4-3-;. The molecule has 0 fully saturated rings. The van der Waals surface area contributed by atoms with Crippen LogP contribution in [0.5, 0.6) is 0 Å². The third-order valence-electron chi connectivity index (χ3n) is 2.50. The van der Waals surface area contributed by atoms with E-state index in [4.69, 9.17) is 0 Å². The predicted octanol–water partition coefficient (Wildman–Crippen LogP) is 3.04. The summed E-state index contributed by atoms with van der Waals surface area (Å²) in [4.78, 5) is 20.0. The summed E-state index contributed by atoms with van der Waals surface area (Å²) >= 11 is 0. The molecule has 0 saturated carbocycles. The smallest absolute Gasteiger partial charge is 0.876 e. The largest absolute Gasteiger partial charge is 2.00 e. The van der Waals surface area contributed by atoms with E-state index in [1.165, 1.54) is 27.7 Å². The maximum Gasteiger partial charge on any atom is 2.00 e. The molecular formula is C24H28O4Sn. The zero-order valence-electron chi connectivity index (χ0n) is 17.5. The van der Waals surface area contributed by atoms with Gasteiger partial charge < -0.3 is 10.2 Å². The minimum atomic E-state index is -0.187. The van der Waals surface area contributed by atoms with Crippen molar-refractivity contribution in [3.63, 3.8) is 0 Å². The molecule has 0 aromatic heterocycles. The van der Waals surface area contributed by atoms with Gasteiger partial charge in [-0.05, 0) is 37.1 Å². The van der Waals surface area contributed by atoms with Gasteiger partial charge in [-0.25, -0.2) is 0 Å². The topological polar surface area (TPSA) is 80.3 Å². The molecule has 0 amide bonds. The molecule has 4 nitrogen and oxygen atoms in total. The maximum atomic E-state index is 9.98. The van der Waals surface area contributed by atoms with Crippen LogP contribution in [0.2, 0.25) is 0 Å². The van der Waals surface area contributed by atoms with E-state index in [0.29, 0.717) is 0 Å². The normalized spacial score (nSPS) is 14.2. The zero-order chi connectivity index (χ0) is 21.9. The van der Waals surface area contributed by atoms with Gasteiger partial charge in [0.1, 0.15) is 0 Å². The minimum Gasteiger partial charge on any atom is -0.876 e. The Hall–Kier alpha value is -2.34. The molecule has 2 aliphatic carbocycles. The van der Waals surface area contributed by atoms with Crippen molar-refractivity contribution in [3.8, 4) is 0 Å². The number of ketones is 2. The first-order valence-electron chi connectivity index (χ1n) is 8.50. The Kier molecular flexibility index (Phi) is 22.1. The number of hydrogen-bond acceptors (Lipinski definition) is 4. The van der Waals surface area contributed by atoms with Gasteiger partial charge in [-0.15, -0.1) is 11.5 Å². The number of rotatable bonds is 2. The van der Waals surface area contributed by atoms with Crippen LogP contribution < -0.4 is 10.2 Å². The first kappa shape index (κ1) is 31.4. The minimum absolute atomic E-state index is 0. The molecule has 0 bridgehead atoms. The van der Waals surface area contributed by atoms with Crippen molar-refractivity contribution in [2.45, 2.75) is 27.7 Å². The van der Waals surface area contributed by atoms with Gasteiger partial charge in [0.15, 0.2) is 11.6 Å². The van der Waals surface area contributed by atoms with Crippen molar-refractivity contribution in [2.75, 3.05) is 0 Å². The summed E-state index contributed by atoms with van der Waals surface area (Å²) in [6.45, 7) is 12.8. The number of carbonyl (C=O) groups is 2. The SMILES string of the molecule is C=C1[CH]C=CC=C1.C=C1[CH]C=CC=C1.CC(=O)/C=C(/C)[O-].CC(=O)/C=C(\C)[O-].[Sn+2]. The summed E-state index contributed by atoms with van der Waals surface area (Å²) in [6.07, 6.45) is 21.9. The first-order valence-corrected chi connectivity index (χ1v) is 8.50. The van der Waals surface area contributed by atoms with E-state index in [2.05, 4.69) is 13.2 Å². The molecular weight excluding hydrogens is 471 g/mol. The molecule has 152 valence electrons. The maximum absolute atomic E-state index is 9.98. The zero-order valence-corrected chi connectivity index (χ0v) is 20.3. The second-order valence-corrected chi connectivity index (χ2v) is 5.70.